The highest BCUT2D eigenvalue weighted by Crippen LogP contribution is 2.17. The van der Waals surface area contributed by atoms with Crippen molar-refractivity contribution in [2.75, 3.05) is 19.6 Å². The van der Waals surface area contributed by atoms with Gasteiger partial charge in [0.1, 0.15) is 0 Å². The van der Waals surface area contributed by atoms with Gasteiger partial charge in [0.25, 0.3) is 10.2 Å². The Hall–Kier alpha value is -0.170. The molecule has 0 aromatic rings. The summed E-state index contributed by atoms with van der Waals surface area (Å²) in [6.45, 7) is 5.72. The SMILES string of the molecule is CCCC(N)CNS(=O)(=O)N1CCCC(C)C1. The van der Waals surface area contributed by atoms with Crippen LogP contribution in [0.3, 0.4) is 0 Å². The summed E-state index contributed by atoms with van der Waals surface area (Å²) in [6.07, 6.45) is 3.88. The number of rotatable bonds is 6. The van der Waals surface area contributed by atoms with Crippen molar-refractivity contribution in [3.63, 3.8) is 0 Å². The van der Waals surface area contributed by atoms with E-state index in [0.29, 0.717) is 25.6 Å². The van der Waals surface area contributed by atoms with Crippen molar-refractivity contribution in [1.29, 1.82) is 0 Å². The highest BCUT2D eigenvalue weighted by atomic mass is 32.2. The van der Waals surface area contributed by atoms with Crippen LogP contribution in [0.15, 0.2) is 0 Å². The van der Waals surface area contributed by atoms with Crippen LogP contribution in [0.2, 0.25) is 0 Å². The Bertz CT molecular complexity index is 319. The third kappa shape index (κ3) is 4.91. The molecule has 0 spiro atoms. The summed E-state index contributed by atoms with van der Waals surface area (Å²) in [5.74, 6) is 0.449. The summed E-state index contributed by atoms with van der Waals surface area (Å²) < 4.78 is 28.1. The minimum absolute atomic E-state index is 0.0861. The second-order valence-corrected chi connectivity index (χ2v) is 6.76. The van der Waals surface area contributed by atoms with Gasteiger partial charge in [-0.3, -0.25) is 0 Å². The van der Waals surface area contributed by atoms with Crippen LogP contribution in [-0.4, -0.2) is 38.4 Å². The molecule has 17 heavy (non-hydrogen) atoms. The summed E-state index contributed by atoms with van der Waals surface area (Å²) in [7, 11) is -3.33. The molecule has 2 unspecified atom stereocenters. The number of hydrogen-bond acceptors (Lipinski definition) is 3. The Kier molecular flexibility index (Phi) is 5.85. The molecule has 1 heterocycles. The largest absolute Gasteiger partial charge is 0.327 e. The van der Waals surface area contributed by atoms with E-state index in [-0.39, 0.29) is 6.04 Å². The van der Waals surface area contributed by atoms with E-state index in [2.05, 4.69) is 11.6 Å². The van der Waals surface area contributed by atoms with Gasteiger partial charge in [-0.05, 0) is 25.2 Å². The lowest BCUT2D eigenvalue weighted by atomic mass is 10.0. The second-order valence-electron chi connectivity index (χ2n) is 5.01. The molecule has 2 atom stereocenters. The Morgan fingerprint density at radius 2 is 2.24 bits per heavy atom. The standard InChI is InChI=1S/C11H25N3O2S/c1-3-5-11(12)8-13-17(15,16)14-7-4-6-10(2)9-14/h10-11,13H,3-9,12H2,1-2H3. The molecular formula is C11H25N3O2S. The van der Waals surface area contributed by atoms with Crippen molar-refractivity contribution in [3.05, 3.63) is 0 Å². The Morgan fingerprint density at radius 3 is 2.82 bits per heavy atom. The van der Waals surface area contributed by atoms with E-state index in [9.17, 15) is 8.42 Å². The molecule has 1 aliphatic heterocycles. The Morgan fingerprint density at radius 1 is 1.53 bits per heavy atom. The van der Waals surface area contributed by atoms with Crippen molar-refractivity contribution in [1.82, 2.24) is 9.03 Å². The van der Waals surface area contributed by atoms with E-state index < -0.39 is 10.2 Å². The first-order valence-electron chi connectivity index (χ1n) is 6.46. The molecule has 0 aliphatic carbocycles. The van der Waals surface area contributed by atoms with E-state index in [1.54, 1.807) is 4.31 Å². The predicted octanol–water partition coefficient (Wildman–Crippen LogP) is 0.680. The molecule has 0 saturated carbocycles. The molecule has 1 saturated heterocycles. The third-order valence-corrected chi connectivity index (χ3v) is 4.69. The first-order valence-corrected chi connectivity index (χ1v) is 7.90. The van der Waals surface area contributed by atoms with Gasteiger partial charge in [0.05, 0.1) is 0 Å². The zero-order valence-electron chi connectivity index (χ0n) is 10.9. The van der Waals surface area contributed by atoms with Gasteiger partial charge in [0.15, 0.2) is 0 Å². The molecule has 6 heteroatoms. The fourth-order valence-corrected chi connectivity index (χ4v) is 3.57. The predicted molar refractivity (Wildman–Crippen MR) is 69.8 cm³/mol. The first-order chi connectivity index (χ1) is 7.95. The maximum absolute atomic E-state index is 12.0. The van der Waals surface area contributed by atoms with Crippen LogP contribution in [0.5, 0.6) is 0 Å². The van der Waals surface area contributed by atoms with Crippen LogP contribution in [-0.2, 0) is 10.2 Å². The zero-order valence-corrected chi connectivity index (χ0v) is 11.7. The molecule has 0 aromatic carbocycles. The zero-order chi connectivity index (χ0) is 12.9. The van der Waals surface area contributed by atoms with Gasteiger partial charge < -0.3 is 5.73 Å². The highest BCUT2D eigenvalue weighted by molar-refractivity contribution is 7.87. The average Bonchev–Trinajstić information content (AvgIpc) is 2.27. The maximum Gasteiger partial charge on any atom is 0.279 e. The number of nitrogens with two attached hydrogens (primary N) is 1. The monoisotopic (exact) mass is 263 g/mol. The molecule has 1 rings (SSSR count). The van der Waals surface area contributed by atoms with Gasteiger partial charge in [-0.15, -0.1) is 0 Å². The van der Waals surface area contributed by atoms with E-state index >= 15 is 0 Å². The van der Waals surface area contributed by atoms with Gasteiger partial charge in [0, 0.05) is 25.7 Å². The molecule has 0 bridgehead atoms. The fraction of sp³-hybridized carbons (Fsp3) is 1.00. The van der Waals surface area contributed by atoms with Crippen LogP contribution < -0.4 is 10.5 Å². The van der Waals surface area contributed by atoms with E-state index in [0.717, 1.165) is 25.7 Å². The van der Waals surface area contributed by atoms with Crippen LogP contribution in [0.1, 0.15) is 39.5 Å². The summed E-state index contributed by atoms with van der Waals surface area (Å²) >= 11 is 0. The number of nitrogens with zero attached hydrogens (tertiary/aromatic N) is 1. The lowest BCUT2D eigenvalue weighted by Crippen LogP contribution is -2.48. The summed E-state index contributed by atoms with van der Waals surface area (Å²) in [5.41, 5.74) is 5.80. The lowest BCUT2D eigenvalue weighted by molar-refractivity contribution is 0.278. The average molecular weight is 263 g/mol. The van der Waals surface area contributed by atoms with E-state index in [4.69, 9.17) is 5.73 Å². The molecule has 1 fully saturated rings. The summed E-state index contributed by atoms with van der Waals surface area (Å²) in [6, 6.07) is -0.0861. The second kappa shape index (κ2) is 6.68. The maximum atomic E-state index is 12.0. The van der Waals surface area contributed by atoms with Crippen molar-refractivity contribution in [2.45, 2.75) is 45.6 Å². The molecule has 0 amide bonds. The van der Waals surface area contributed by atoms with E-state index in [1.165, 1.54) is 0 Å². The molecule has 0 radical (unpaired) electrons. The van der Waals surface area contributed by atoms with Crippen molar-refractivity contribution in [3.8, 4) is 0 Å². The van der Waals surface area contributed by atoms with Crippen molar-refractivity contribution < 1.29 is 8.42 Å². The number of hydrogen-bond donors (Lipinski definition) is 2. The molecule has 3 N–H and O–H groups in total. The van der Waals surface area contributed by atoms with Gasteiger partial charge in [-0.2, -0.15) is 12.7 Å². The van der Waals surface area contributed by atoms with Crippen molar-refractivity contribution >= 4 is 10.2 Å². The van der Waals surface area contributed by atoms with Crippen molar-refractivity contribution in [2.24, 2.45) is 11.7 Å². The van der Waals surface area contributed by atoms with Crippen LogP contribution in [0.25, 0.3) is 0 Å². The summed E-state index contributed by atoms with van der Waals surface area (Å²) in [4.78, 5) is 0. The lowest BCUT2D eigenvalue weighted by Gasteiger charge is -2.30. The minimum atomic E-state index is -3.33. The van der Waals surface area contributed by atoms with Gasteiger partial charge in [-0.25, -0.2) is 4.72 Å². The molecular weight excluding hydrogens is 238 g/mol. The number of nitrogens with one attached hydrogen (secondary N) is 1. The third-order valence-electron chi connectivity index (χ3n) is 3.15. The normalized spacial score (nSPS) is 24.8. The van der Waals surface area contributed by atoms with Gasteiger partial charge in [0.2, 0.25) is 0 Å². The van der Waals surface area contributed by atoms with E-state index in [1.807, 2.05) is 6.92 Å². The number of piperidine rings is 1. The highest BCUT2D eigenvalue weighted by Gasteiger charge is 2.26. The fourth-order valence-electron chi connectivity index (χ4n) is 2.14. The topological polar surface area (TPSA) is 75.4 Å². The molecule has 0 aromatic heterocycles. The molecule has 102 valence electrons. The molecule has 5 nitrogen and oxygen atoms in total. The minimum Gasteiger partial charge on any atom is -0.327 e. The van der Waals surface area contributed by atoms with Crippen LogP contribution >= 0.6 is 0 Å². The van der Waals surface area contributed by atoms with Crippen LogP contribution in [0, 0.1) is 5.92 Å². The Labute approximate surface area is 105 Å². The Balaban J connectivity index is 2.44. The molecule has 1 aliphatic rings. The first kappa shape index (κ1) is 14.9. The summed E-state index contributed by atoms with van der Waals surface area (Å²) in [5, 5.41) is 0. The van der Waals surface area contributed by atoms with Crippen LogP contribution in [0.4, 0.5) is 0 Å². The van der Waals surface area contributed by atoms with Gasteiger partial charge in [-0.1, -0.05) is 20.3 Å². The smallest absolute Gasteiger partial charge is 0.279 e. The van der Waals surface area contributed by atoms with Gasteiger partial charge >= 0.3 is 0 Å². The quantitative estimate of drug-likeness (QED) is 0.740.